The largest absolute Gasteiger partial charge is 0.478 e. The van der Waals surface area contributed by atoms with Gasteiger partial charge in [-0.1, -0.05) is 33.6 Å². The maximum atomic E-state index is 13.0. The van der Waals surface area contributed by atoms with Gasteiger partial charge in [-0.2, -0.15) is 0 Å². The fourth-order valence-corrected chi connectivity index (χ4v) is 4.66. The van der Waals surface area contributed by atoms with Gasteiger partial charge >= 0.3 is 5.97 Å². The highest BCUT2D eigenvalue weighted by molar-refractivity contribution is 7.96. The van der Waals surface area contributed by atoms with Gasteiger partial charge in [-0.3, -0.25) is 0 Å². The van der Waals surface area contributed by atoms with E-state index in [-0.39, 0.29) is 28.1 Å². The van der Waals surface area contributed by atoms with E-state index in [2.05, 4.69) is 38.9 Å². The molecule has 0 heterocycles. The Kier molecular flexibility index (Phi) is 8.16. The van der Waals surface area contributed by atoms with E-state index in [4.69, 9.17) is 19.3 Å². The molecule has 0 spiro atoms. The number of rotatable bonds is 8. The van der Waals surface area contributed by atoms with E-state index in [9.17, 15) is 13.2 Å². The number of ether oxygens (including phenoxy) is 3. The summed E-state index contributed by atoms with van der Waals surface area (Å²) in [6.45, 7) is 10.6. The number of hydrogen-bond donors (Lipinski definition) is 1. The van der Waals surface area contributed by atoms with Gasteiger partial charge in [0.2, 0.25) is 9.84 Å². The lowest BCUT2D eigenvalue weighted by Gasteiger charge is -2.42. The Morgan fingerprint density at radius 2 is 1.81 bits per heavy atom. The van der Waals surface area contributed by atoms with Crippen molar-refractivity contribution in [1.29, 1.82) is 0 Å². The normalized spacial score (nSPS) is 17.1. The third-order valence-electron chi connectivity index (χ3n) is 5.62. The molecule has 0 amide bonds. The zero-order valence-corrected chi connectivity index (χ0v) is 20.4. The van der Waals surface area contributed by atoms with E-state index >= 15 is 0 Å². The van der Waals surface area contributed by atoms with Crippen molar-refractivity contribution in [3.8, 4) is 16.9 Å². The highest BCUT2D eigenvalue weighted by Gasteiger charge is 2.40. The molecule has 32 heavy (non-hydrogen) atoms. The quantitative estimate of drug-likeness (QED) is 0.205. The number of carboxylic acid groups (broad SMARTS) is 1. The van der Waals surface area contributed by atoms with Gasteiger partial charge in [-0.05, 0) is 42.2 Å². The summed E-state index contributed by atoms with van der Waals surface area (Å²) in [7, 11) is -2.43. The first kappa shape index (κ1) is 25.9. The van der Waals surface area contributed by atoms with Crippen molar-refractivity contribution >= 4 is 15.8 Å². The molecule has 0 unspecified atom stereocenters. The minimum atomic E-state index is -4.01. The number of aliphatic carboxylic acids is 1. The molecule has 1 aromatic carbocycles. The van der Waals surface area contributed by atoms with E-state index in [0.29, 0.717) is 19.0 Å². The smallest absolute Gasteiger partial charge is 0.329 e. The topological polar surface area (TPSA) is 99.1 Å². The van der Waals surface area contributed by atoms with Crippen LogP contribution in [0.3, 0.4) is 0 Å². The van der Waals surface area contributed by atoms with E-state index in [1.165, 1.54) is 13.0 Å². The van der Waals surface area contributed by atoms with Gasteiger partial charge < -0.3 is 19.3 Å². The van der Waals surface area contributed by atoms with Crippen LogP contribution in [0.1, 0.15) is 58.6 Å². The van der Waals surface area contributed by atoms with Gasteiger partial charge in [0.25, 0.3) is 0 Å². The number of carboxylic acids is 1. The lowest BCUT2D eigenvalue weighted by atomic mass is 9.63. The number of benzene rings is 1. The van der Waals surface area contributed by atoms with Crippen molar-refractivity contribution < 1.29 is 32.5 Å². The Labute approximate surface area is 190 Å². The van der Waals surface area contributed by atoms with Gasteiger partial charge in [0.15, 0.2) is 6.79 Å². The molecule has 0 bridgehead atoms. The first-order valence-corrected chi connectivity index (χ1v) is 11.9. The molecule has 1 N–H and O–H groups in total. The van der Waals surface area contributed by atoms with Gasteiger partial charge in [0.1, 0.15) is 5.75 Å². The summed E-state index contributed by atoms with van der Waals surface area (Å²) in [5, 5.41) is 11.0. The SMILES string of the molecule is COCCOCOc1cc(S(=O)(=O)C#C/C(C)=C\C(=O)O)cc2c1C(C)(C)CCC2(C)C. The summed E-state index contributed by atoms with van der Waals surface area (Å²) in [6, 6.07) is 3.16. The Morgan fingerprint density at radius 3 is 2.44 bits per heavy atom. The van der Waals surface area contributed by atoms with Crippen molar-refractivity contribution in [2.75, 3.05) is 27.1 Å². The van der Waals surface area contributed by atoms with E-state index < -0.39 is 15.8 Å². The van der Waals surface area contributed by atoms with Crippen LogP contribution in [-0.4, -0.2) is 46.6 Å². The van der Waals surface area contributed by atoms with Crippen LogP contribution in [0.5, 0.6) is 5.75 Å². The number of fused-ring (bicyclic) bond motifs is 1. The zero-order valence-electron chi connectivity index (χ0n) is 19.6. The van der Waals surface area contributed by atoms with Crippen LogP contribution >= 0.6 is 0 Å². The summed E-state index contributed by atoms with van der Waals surface area (Å²) in [5.74, 6) is 1.69. The summed E-state index contributed by atoms with van der Waals surface area (Å²) in [6.07, 6.45) is 2.69. The van der Waals surface area contributed by atoms with Crippen molar-refractivity contribution in [3.05, 3.63) is 34.9 Å². The standard InChI is InChI=1S/C24H32O7S/c1-17(13-21(25)26)7-12-32(27,28)18-14-19-22(24(4,5)9-8-23(19,2)3)20(15-18)31-16-30-11-10-29-6/h13-15H,8-11,16H2,1-6H3,(H,25,26)/b17-13-. The minimum Gasteiger partial charge on any atom is -0.478 e. The summed E-state index contributed by atoms with van der Waals surface area (Å²) >= 11 is 0. The van der Waals surface area contributed by atoms with Crippen LogP contribution < -0.4 is 4.74 Å². The Bertz CT molecular complexity index is 1050. The zero-order chi connectivity index (χ0) is 24.2. The third-order valence-corrected chi connectivity index (χ3v) is 6.85. The van der Waals surface area contributed by atoms with Crippen molar-refractivity contribution in [2.24, 2.45) is 0 Å². The fourth-order valence-electron chi connectivity index (χ4n) is 3.71. The molecule has 0 radical (unpaired) electrons. The molecule has 0 fully saturated rings. The molecule has 8 heteroatoms. The van der Waals surface area contributed by atoms with Crippen LogP contribution in [-0.2, 0) is 34.9 Å². The number of carbonyl (C=O) groups is 1. The second-order valence-electron chi connectivity index (χ2n) is 9.17. The summed E-state index contributed by atoms with van der Waals surface area (Å²) in [5.41, 5.74) is 1.56. The van der Waals surface area contributed by atoms with E-state index in [1.54, 1.807) is 13.2 Å². The number of methoxy groups -OCH3 is 1. The number of allylic oxidation sites excluding steroid dienone is 1. The molecule has 1 aliphatic rings. The van der Waals surface area contributed by atoms with Gasteiger partial charge in [-0.25, -0.2) is 13.2 Å². The lowest BCUT2D eigenvalue weighted by Crippen LogP contribution is -2.34. The molecule has 7 nitrogen and oxygen atoms in total. The minimum absolute atomic E-state index is 0.0181. The van der Waals surface area contributed by atoms with Crippen LogP contribution in [0, 0.1) is 11.2 Å². The predicted molar refractivity (Wildman–Crippen MR) is 121 cm³/mol. The van der Waals surface area contributed by atoms with Crippen molar-refractivity contribution in [2.45, 2.75) is 63.2 Å². The van der Waals surface area contributed by atoms with Crippen LogP contribution in [0.25, 0.3) is 0 Å². The molecule has 1 aromatic rings. The summed E-state index contributed by atoms with van der Waals surface area (Å²) in [4.78, 5) is 10.8. The second-order valence-corrected chi connectivity index (χ2v) is 10.9. The molecular formula is C24H32O7S. The van der Waals surface area contributed by atoms with Gasteiger partial charge in [0, 0.05) is 35.6 Å². The third kappa shape index (κ3) is 6.35. The average molecular weight is 465 g/mol. The molecule has 2 rings (SSSR count). The van der Waals surface area contributed by atoms with E-state index in [1.807, 2.05) is 0 Å². The van der Waals surface area contributed by atoms with Crippen LogP contribution in [0.15, 0.2) is 28.7 Å². The molecule has 176 valence electrons. The van der Waals surface area contributed by atoms with E-state index in [0.717, 1.165) is 30.0 Å². The molecule has 0 atom stereocenters. The number of sulfone groups is 1. The Balaban J connectivity index is 2.57. The summed E-state index contributed by atoms with van der Waals surface area (Å²) < 4.78 is 42.3. The van der Waals surface area contributed by atoms with Gasteiger partial charge in [-0.15, -0.1) is 0 Å². The predicted octanol–water partition coefficient (Wildman–Crippen LogP) is 3.80. The highest BCUT2D eigenvalue weighted by atomic mass is 32.2. The highest BCUT2D eigenvalue weighted by Crippen LogP contribution is 2.50. The molecule has 0 aliphatic heterocycles. The first-order valence-electron chi connectivity index (χ1n) is 10.4. The molecule has 0 saturated carbocycles. The Morgan fingerprint density at radius 1 is 1.16 bits per heavy atom. The second kappa shape index (κ2) is 10.1. The average Bonchev–Trinajstić information content (AvgIpc) is 2.69. The molecule has 0 aromatic heterocycles. The monoisotopic (exact) mass is 464 g/mol. The van der Waals surface area contributed by atoms with Crippen molar-refractivity contribution in [1.82, 2.24) is 0 Å². The van der Waals surface area contributed by atoms with Crippen LogP contribution in [0.4, 0.5) is 0 Å². The molecular weight excluding hydrogens is 432 g/mol. The maximum Gasteiger partial charge on any atom is 0.329 e. The Hall–Kier alpha value is -2.34. The maximum absolute atomic E-state index is 13.0. The fraction of sp³-hybridized carbons (Fsp3) is 0.542. The van der Waals surface area contributed by atoms with Gasteiger partial charge in [0.05, 0.1) is 18.1 Å². The van der Waals surface area contributed by atoms with Crippen molar-refractivity contribution in [3.63, 3.8) is 0 Å². The first-order chi connectivity index (χ1) is 14.8. The molecule has 0 saturated heterocycles. The number of hydrogen-bond acceptors (Lipinski definition) is 6. The molecule has 1 aliphatic carbocycles. The van der Waals surface area contributed by atoms with Crippen LogP contribution in [0.2, 0.25) is 0 Å². The lowest BCUT2D eigenvalue weighted by molar-refractivity contribution is -0.131.